The lowest BCUT2D eigenvalue weighted by molar-refractivity contribution is -0.115. The van der Waals surface area contributed by atoms with Crippen LogP contribution in [0.3, 0.4) is 0 Å². The van der Waals surface area contributed by atoms with Crippen LogP contribution in [0, 0.1) is 0 Å². The van der Waals surface area contributed by atoms with E-state index < -0.39 is 15.9 Å². The zero-order valence-electron chi connectivity index (χ0n) is 15.9. The van der Waals surface area contributed by atoms with Crippen molar-refractivity contribution in [2.45, 2.75) is 11.8 Å². The van der Waals surface area contributed by atoms with Crippen molar-refractivity contribution in [3.05, 3.63) is 54.1 Å². The fraction of sp³-hybridized carbons (Fsp3) is 0.263. The van der Waals surface area contributed by atoms with Gasteiger partial charge in [0.15, 0.2) is 0 Å². The lowest BCUT2D eigenvalue weighted by atomic mass is 10.2. The monoisotopic (exact) mass is 405 g/mol. The van der Waals surface area contributed by atoms with Crippen LogP contribution in [-0.4, -0.2) is 51.8 Å². The number of sulfonamides is 1. The Morgan fingerprint density at radius 3 is 2.36 bits per heavy atom. The molecule has 0 aromatic heterocycles. The maximum absolute atomic E-state index is 12.5. The lowest BCUT2D eigenvalue weighted by Gasteiger charge is -2.16. The van der Waals surface area contributed by atoms with Gasteiger partial charge in [0.2, 0.25) is 15.9 Å². The van der Waals surface area contributed by atoms with Gasteiger partial charge < -0.3 is 15.4 Å². The van der Waals surface area contributed by atoms with Crippen molar-refractivity contribution in [3.63, 3.8) is 0 Å². The van der Waals surface area contributed by atoms with Crippen LogP contribution in [0.25, 0.3) is 0 Å². The summed E-state index contributed by atoms with van der Waals surface area (Å²) in [5.74, 6) is -0.661. The summed E-state index contributed by atoms with van der Waals surface area (Å²) in [5, 5.41) is 5.09. The fourth-order valence-electron chi connectivity index (χ4n) is 2.32. The predicted octanol–water partition coefficient (Wildman–Crippen LogP) is 1.70. The Balaban J connectivity index is 2.11. The number of anilines is 1. The average Bonchev–Trinajstić information content (AvgIpc) is 2.68. The number of nitrogens with zero attached hydrogens (tertiary/aromatic N) is 1. The van der Waals surface area contributed by atoms with E-state index in [0.717, 1.165) is 4.31 Å². The molecule has 0 aliphatic heterocycles. The molecule has 0 heterocycles. The van der Waals surface area contributed by atoms with Crippen LogP contribution >= 0.6 is 0 Å². The highest BCUT2D eigenvalue weighted by Crippen LogP contribution is 2.29. The molecule has 28 heavy (non-hydrogen) atoms. The highest BCUT2D eigenvalue weighted by Gasteiger charge is 2.23. The van der Waals surface area contributed by atoms with Crippen LogP contribution in [0.5, 0.6) is 5.75 Å². The molecule has 9 heteroatoms. The summed E-state index contributed by atoms with van der Waals surface area (Å²) >= 11 is 0. The standard InChI is InChI=1S/C19H23N3O5S/c1-4-27-16-11-10-15(12-17(16)28(25,26)22(2)3)21-18(23)13-20-19(24)14-8-6-5-7-9-14/h5-12H,4,13H2,1-3H3,(H,20,24)(H,21,23). The van der Waals surface area contributed by atoms with Gasteiger partial charge in [-0.15, -0.1) is 0 Å². The van der Waals surface area contributed by atoms with E-state index >= 15 is 0 Å². The van der Waals surface area contributed by atoms with Crippen LogP contribution < -0.4 is 15.4 Å². The molecule has 8 nitrogen and oxygen atoms in total. The SMILES string of the molecule is CCOc1ccc(NC(=O)CNC(=O)c2ccccc2)cc1S(=O)(=O)N(C)C. The first-order valence-corrected chi connectivity index (χ1v) is 10.0. The number of hydrogen-bond acceptors (Lipinski definition) is 5. The molecule has 2 aromatic rings. The van der Waals surface area contributed by atoms with Crippen LogP contribution in [0.1, 0.15) is 17.3 Å². The second-order valence-corrected chi connectivity index (χ2v) is 8.10. The van der Waals surface area contributed by atoms with Gasteiger partial charge in [-0.2, -0.15) is 0 Å². The maximum Gasteiger partial charge on any atom is 0.251 e. The summed E-state index contributed by atoms with van der Waals surface area (Å²) in [4.78, 5) is 24.1. The Bertz CT molecular complexity index is 943. The Kier molecular flexibility index (Phi) is 7.13. The molecule has 0 fully saturated rings. The maximum atomic E-state index is 12.5. The summed E-state index contributed by atoms with van der Waals surface area (Å²) in [6.45, 7) is 1.79. The molecule has 0 bridgehead atoms. The first-order chi connectivity index (χ1) is 13.3. The van der Waals surface area contributed by atoms with E-state index in [1.165, 1.54) is 32.3 Å². The van der Waals surface area contributed by atoms with Crippen molar-refractivity contribution >= 4 is 27.5 Å². The van der Waals surface area contributed by atoms with Crippen molar-refractivity contribution in [1.82, 2.24) is 9.62 Å². The second kappa shape index (κ2) is 9.34. The number of carbonyl (C=O) groups excluding carboxylic acids is 2. The Morgan fingerprint density at radius 1 is 1.07 bits per heavy atom. The fourth-order valence-corrected chi connectivity index (χ4v) is 3.37. The summed E-state index contributed by atoms with van der Waals surface area (Å²) in [6, 6.07) is 12.9. The summed E-state index contributed by atoms with van der Waals surface area (Å²) in [6.07, 6.45) is 0. The van der Waals surface area contributed by atoms with Gasteiger partial charge in [0, 0.05) is 25.3 Å². The second-order valence-electron chi connectivity index (χ2n) is 5.98. The molecule has 0 atom stereocenters. The molecule has 150 valence electrons. The topological polar surface area (TPSA) is 105 Å². The number of ether oxygens (including phenoxy) is 1. The number of nitrogens with one attached hydrogen (secondary N) is 2. The lowest BCUT2D eigenvalue weighted by Crippen LogP contribution is -2.32. The van der Waals surface area contributed by atoms with Crippen LogP contribution in [0.2, 0.25) is 0 Å². The molecule has 0 unspecified atom stereocenters. The van der Waals surface area contributed by atoms with Gasteiger partial charge in [0.05, 0.1) is 13.2 Å². The minimum Gasteiger partial charge on any atom is -0.492 e. The van der Waals surface area contributed by atoms with Gasteiger partial charge in [-0.05, 0) is 37.3 Å². The predicted molar refractivity (Wildman–Crippen MR) is 106 cm³/mol. The van der Waals surface area contributed by atoms with Gasteiger partial charge in [-0.3, -0.25) is 9.59 Å². The zero-order chi connectivity index (χ0) is 20.7. The van der Waals surface area contributed by atoms with E-state index in [0.29, 0.717) is 12.2 Å². The number of rotatable bonds is 8. The molecule has 2 rings (SSSR count). The van der Waals surface area contributed by atoms with Gasteiger partial charge >= 0.3 is 0 Å². The van der Waals surface area contributed by atoms with E-state index in [9.17, 15) is 18.0 Å². The van der Waals surface area contributed by atoms with Gasteiger partial charge in [-0.1, -0.05) is 18.2 Å². The number of carbonyl (C=O) groups is 2. The highest BCUT2D eigenvalue weighted by molar-refractivity contribution is 7.89. The molecule has 0 radical (unpaired) electrons. The third-order valence-corrected chi connectivity index (χ3v) is 5.57. The normalized spacial score (nSPS) is 11.1. The minimum atomic E-state index is -3.76. The van der Waals surface area contributed by atoms with E-state index in [4.69, 9.17) is 4.74 Å². The molecule has 0 aliphatic rings. The van der Waals surface area contributed by atoms with Crippen molar-refractivity contribution in [2.75, 3.05) is 32.6 Å². The van der Waals surface area contributed by atoms with E-state index in [-0.39, 0.29) is 28.8 Å². The first kappa shape index (κ1) is 21.4. The third kappa shape index (κ3) is 5.30. The molecule has 0 aliphatic carbocycles. The molecule has 2 aromatic carbocycles. The molecule has 0 spiro atoms. The van der Waals surface area contributed by atoms with Gasteiger partial charge in [-0.25, -0.2) is 12.7 Å². The summed E-state index contributed by atoms with van der Waals surface area (Å²) in [7, 11) is -0.938. The molecular weight excluding hydrogens is 382 g/mol. The Labute approximate surface area is 164 Å². The minimum absolute atomic E-state index is 0.0505. The number of benzene rings is 2. The van der Waals surface area contributed by atoms with Crippen molar-refractivity contribution in [2.24, 2.45) is 0 Å². The van der Waals surface area contributed by atoms with Crippen molar-refractivity contribution < 1.29 is 22.7 Å². The molecule has 0 saturated carbocycles. The van der Waals surface area contributed by atoms with Gasteiger partial charge in [0.1, 0.15) is 10.6 Å². The Morgan fingerprint density at radius 2 is 1.75 bits per heavy atom. The molecule has 2 N–H and O–H groups in total. The van der Waals surface area contributed by atoms with Crippen molar-refractivity contribution in [3.8, 4) is 5.75 Å². The van der Waals surface area contributed by atoms with Crippen LogP contribution in [0.15, 0.2) is 53.4 Å². The van der Waals surface area contributed by atoms with Gasteiger partial charge in [0.25, 0.3) is 5.91 Å². The molecular formula is C19H23N3O5S. The summed E-state index contributed by atoms with van der Waals surface area (Å²) in [5.41, 5.74) is 0.721. The highest BCUT2D eigenvalue weighted by atomic mass is 32.2. The average molecular weight is 405 g/mol. The van der Waals surface area contributed by atoms with E-state index in [2.05, 4.69) is 10.6 Å². The molecule has 2 amide bonds. The number of amides is 2. The largest absolute Gasteiger partial charge is 0.492 e. The number of hydrogen-bond donors (Lipinski definition) is 2. The van der Waals surface area contributed by atoms with Crippen LogP contribution in [0.4, 0.5) is 5.69 Å². The quantitative estimate of drug-likeness (QED) is 0.696. The van der Waals surface area contributed by atoms with E-state index in [1.807, 2.05) is 0 Å². The van der Waals surface area contributed by atoms with E-state index in [1.54, 1.807) is 37.3 Å². The molecule has 0 saturated heterocycles. The van der Waals surface area contributed by atoms with Crippen LogP contribution in [-0.2, 0) is 14.8 Å². The first-order valence-electron chi connectivity index (χ1n) is 8.58. The smallest absolute Gasteiger partial charge is 0.251 e. The third-order valence-electron chi connectivity index (χ3n) is 3.73. The summed E-state index contributed by atoms with van der Waals surface area (Å²) < 4.78 is 31.5. The van der Waals surface area contributed by atoms with Crippen molar-refractivity contribution in [1.29, 1.82) is 0 Å². The zero-order valence-corrected chi connectivity index (χ0v) is 16.7. The Hall–Kier alpha value is -2.91.